The molecule has 1 heterocycles. The Hall–Kier alpha value is -2.80. The quantitative estimate of drug-likeness (QED) is 0.363. The zero-order chi connectivity index (χ0) is 17.9. The number of anilines is 1. The minimum absolute atomic E-state index is 0.00276. The summed E-state index contributed by atoms with van der Waals surface area (Å²) in [4.78, 5) is 27.6. The third kappa shape index (κ3) is 4.14. The maximum absolute atomic E-state index is 14.2. The van der Waals surface area contributed by atoms with Gasteiger partial charge in [0.2, 0.25) is 0 Å². The van der Waals surface area contributed by atoms with Gasteiger partial charge in [0.15, 0.2) is 0 Å². The van der Waals surface area contributed by atoms with E-state index < -0.39 is 29.6 Å². The molecule has 0 spiro atoms. The number of cyclic esters (lactones) is 1. The Balaban J connectivity index is 2.16. The van der Waals surface area contributed by atoms with E-state index in [1.165, 1.54) is 17.0 Å². The number of azide groups is 1. The highest BCUT2D eigenvalue weighted by atomic mass is 19.1. The lowest BCUT2D eigenvalue weighted by Gasteiger charge is -2.20. The van der Waals surface area contributed by atoms with Gasteiger partial charge in [-0.2, -0.15) is 0 Å². The van der Waals surface area contributed by atoms with Gasteiger partial charge in [-0.25, -0.2) is 14.0 Å². The smallest absolute Gasteiger partial charge is 0.414 e. The van der Waals surface area contributed by atoms with Crippen molar-refractivity contribution in [1.29, 1.82) is 0 Å². The summed E-state index contributed by atoms with van der Waals surface area (Å²) in [6.07, 6.45) is -1.26. The summed E-state index contributed by atoms with van der Waals surface area (Å²) < 4.78 is 24.4. The second-order valence-corrected chi connectivity index (χ2v) is 6.20. The van der Waals surface area contributed by atoms with Crippen LogP contribution in [0.15, 0.2) is 23.3 Å². The number of benzene rings is 1. The monoisotopic (exact) mass is 336 g/mol. The van der Waals surface area contributed by atoms with E-state index in [-0.39, 0.29) is 24.3 Å². The molecule has 1 fully saturated rings. The van der Waals surface area contributed by atoms with Gasteiger partial charge in [0.1, 0.15) is 17.5 Å². The fraction of sp³-hybridized carbons (Fsp3) is 0.467. The molecule has 1 atom stereocenters. The maximum atomic E-state index is 14.2. The molecule has 1 aromatic rings. The summed E-state index contributed by atoms with van der Waals surface area (Å²) in [7, 11) is 0. The molecule has 1 aliphatic heterocycles. The topological polar surface area (TPSA) is 105 Å². The minimum atomic E-state index is -0.798. The zero-order valence-corrected chi connectivity index (χ0v) is 13.5. The van der Waals surface area contributed by atoms with Gasteiger partial charge < -0.3 is 9.47 Å². The van der Waals surface area contributed by atoms with Crippen LogP contribution in [0.25, 0.3) is 10.4 Å². The zero-order valence-electron chi connectivity index (χ0n) is 13.5. The predicted octanol–water partition coefficient (Wildman–Crippen LogP) is 3.42. The summed E-state index contributed by atoms with van der Waals surface area (Å²) >= 11 is 0. The molecule has 0 bridgehead atoms. The third-order valence-electron chi connectivity index (χ3n) is 3.11. The molecule has 2 rings (SSSR count). The molecule has 1 aliphatic rings. The summed E-state index contributed by atoms with van der Waals surface area (Å²) in [6.45, 7) is 5.17. The summed E-state index contributed by atoms with van der Waals surface area (Å²) in [6, 6.07) is 3.75. The van der Waals surface area contributed by atoms with Crippen LogP contribution in [0.4, 0.5) is 14.9 Å². The van der Waals surface area contributed by atoms with Gasteiger partial charge in [0, 0.05) is 4.91 Å². The van der Waals surface area contributed by atoms with E-state index in [2.05, 4.69) is 10.0 Å². The molecule has 9 heteroatoms. The Morgan fingerprint density at radius 1 is 1.54 bits per heavy atom. The molecule has 0 radical (unpaired) electrons. The number of rotatable bonds is 4. The van der Waals surface area contributed by atoms with Crippen molar-refractivity contribution in [3.8, 4) is 0 Å². The first-order valence-corrected chi connectivity index (χ1v) is 7.23. The summed E-state index contributed by atoms with van der Waals surface area (Å²) in [5.41, 5.74) is 7.57. The van der Waals surface area contributed by atoms with E-state index in [0.717, 1.165) is 6.07 Å². The second-order valence-electron chi connectivity index (χ2n) is 6.20. The van der Waals surface area contributed by atoms with Gasteiger partial charge in [-0.3, -0.25) is 4.90 Å². The van der Waals surface area contributed by atoms with Crippen molar-refractivity contribution in [3.05, 3.63) is 40.0 Å². The number of ether oxygens (including phenoxy) is 2. The first-order valence-electron chi connectivity index (χ1n) is 7.23. The van der Waals surface area contributed by atoms with E-state index in [1.807, 2.05) is 0 Å². The highest BCUT2D eigenvalue weighted by Gasteiger charge is 2.32. The number of hydrogen-bond donors (Lipinski definition) is 0. The van der Waals surface area contributed by atoms with Gasteiger partial charge in [-0.15, -0.1) is 0 Å². The van der Waals surface area contributed by atoms with Crippen LogP contribution in [-0.4, -0.2) is 36.9 Å². The van der Waals surface area contributed by atoms with Crippen LogP contribution < -0.4 is 4.90 Å². The molecule has 24 heavy (non-hydrogen) atoms. The van der Waals surface area contributed by atoms with Gasteiger partial charge >= 0.3 is 12.1 Å². The molecule has 0 unspecified atom stereocenters. The van der Waals surface area contributed by atoms with Crippen LogP contribution in [0.1, 0.15) is 31.1 Å². The van der Waals surface area contributed by atoms with Crippen LogP contribution in [0.2, 0.25) is 0 Å². The lowest BCUT2D eigenvalue weighted by molar-refractivity contribution is 0.00647. The second kappa shape index (κ2) is 6.76. The molecule has 0 aromatic heterocycles. The number of carbonyl (C=O) groups excluding carboxylic acids is 2. The van der Waals surface area contributed by atoms with E-state index in [0.29, 0.717) is 0 Å². The van der Waals surface area contributed by atoms with Crippen LogP contribution in [-0.2, 0) is 9.47 Å². The van der Waals surface area contributed by atoms with E-state index in [1.54, 1.807) is 20.8 Å². The molecule has 1 saturated heterocycles. The Bertz CT molecular complexity index is 710. The standard InChI is InChI=1S/C15H17FN4O4/c1-15(2,3)24-13(21)11-5-4-9(6-12(11)16)20-8-10(7-18-19-17)23-14(20)22/h4-6,10H,7-8H2,1-3H3/t10-/m0/s1. The van der Waals surface area contributed by atoms with E-state index in [9.17, 15) is 14.0 Å². The molecular formula is C15H17FN4O4. The summed E-state index contributed by atoms with van der Waals surface area (Å²) in [5, 5.41) is 3.35. The van der Waals surface area contributed by atoms with Crippen LogP contribution in [0, 0.1) is 5.82 Å². The van der Waals surface area contributed by atoms with Gasteiger partial charge in [0.25, 0.3) is 0 Å². The molecule has 8 nitrogen and oxygen atoms in total. The predicted molar refractivity (Wildman–Crippen MR) is 83.2 cm³/mol. The van der Waals surface area contributed by atoms with Crippen molar-refractivity contribution in [2.24, 2.45) is 5.11 Å². The Morgan fingerprint density at radius 3 is 2.83 bits per heavy atom. The minimum Gasteiger partial charge on any atom is -0.456 e. The van der Waals surface area contributed by atoms with Crippen LogP contribution in [0.3, 0.4) is 0 Å². The number of amides is 1. The molecule has 0 N–H and O–H groups in total. The van der Waals surface area contributed by atoms with Gasteiger partial charge in [-0.05, 0) is 44.5 Å². The number of halogens is 1. The lowest BCUT2D eigenvalue weighted by atomic mass is 10.1. The van der Waals surface area contributed by atoms with Crippen LogP contribution in [0.5, 0.6) is 0 Å². The van der Waals surface area contributed by atoms with Gasteiger partial charge in [0.05, 0.1) is 24.3 Å². The fourth-order valence-corrected chi connectivity index (χ4v) is 2.13. The number of nitrogens with zero attached hydrogens (tertiary/aromatic N) is 4. The van der Waals surface area contributed by atoms with Crippen molar-refractivity contribution in [3.63, 3.8) is 0 Å². The first-order chi connectivity index (χ1) is 11.2. The largest absolute Gasteiger partial charge is 0.456 e. The average Bonchev–Trinajstić information content (AvgIpc) is 2.84. The van der Waals surface area contributed by atoms with E-state index in [4.69, 9.17) is 15.0 Å². The number of esters is 1. The maximum Gasteiger partial charge on any atom is 0.414 e. The molecule has 1 aromatic carbocycles. The molecule has 128 valence electrons. The van der Waals surface area contributed by atoms with E-state index >= 15 is 0 Å². The molecule has 1 amide bonds. The summed E-state index contributed by atoms with van der Waals surface area (Å²) in [5.74, 6) is -1.58. The van der Waals surface area contributed by atoms with Crippen molar-refractivity contribution >= 4 is 17.7 Å². The first kappa shape index (κ1) is 17.6. The number of hydrogen-bond acceptors (Lipinski definition) is 5. The SMILES string of the molecule is CC(C)(C)OC(=O)c1ccc(N2C[C@H](CN=[N+]=[N-])OC2=O)cc1F. The molecular weight excluding hydrogens is 319 g/mol. The van der Waals surface area contributed by atoms with Crippen molar-refractivity contribution < 1.29 is 23.5 Å². The molecule has 0 saturated carbocycles. The lowest BCUT2D eigenvalue weighted by Crippen LogP contribution is -2.26. The van der Waals surface area contributed by atoms with Crippen molar-refractivity contribution in [1.82, 2.24) is 0 Å². The third-order valence-corrected chi connectivity index (χ3v) is 3.11. The normalized spacial score (nSPS) is 17.2. The van der Waals surface area contributed by atoms with Crippen molar-refractivity contribution in [2.75, 3.05) is 18.0 Å². The Labute approximate surface area is 137 Å². The Morgan fingerprint density at radius 2 is 2.25 bits per heavy atom. The van der Waals surface area contributed by atoms with Crippen molar-refractivity contribution in [2.45, 2.75) is 32.5 Å². The van der Waals surface area contributed by atoms with Crippen LogP contribution >= 0.6 is 0 Å². The highest BCUT2D eigenvalue weighted by Crippen LogP contribution is 2.25. The van der Waals surface area contributed by atoms with Gasteiger partial charge in [-0.1, -0.05) is 5.11 Å². The average molecular weight is 336 g/mol. The fourth-order valence-electron chi connectivity index (χ4n) is 2.13. The highest BCUT2D eigenvalue weighted by molar-refractivity contribution is 5.93. The molecule has 0 aliphatic carbocycles. The number of carbonyl (C=O) groups is 2. The Kier molecular flexibility index (Phi) is 4.94.